The van der Waals surface area contributed by atoms with Crippen molar-refractivity contribution in [3.05, 3.63) is 65.2 Å². The summed E-state index contributed by atoms with van der Waals surface area (Å²) in [6.45, 7) is 8.23. The number of hydrogen-bond donors (Lipinski definition) is 1. The maximum atomic E-state index is 12.8. The smallest absolute Gasteiger partial charge is 0.290 e. The molecule has 2 amide bonds. The first kappa shape index (κ1) is 21.6. The average Bonchev–Trinajstić information content (AvgIpc) is 3.36. The van der Waals surface area contributed by atoms with Crippen molar-refractivity contribution >= 4 is 29.2 Å². The van der Waals surface area contributed by atoms with Crippen LogP contribution in [0.25, 0.3) is 5.69 Å². The lowest BCUT2D eigenvalue weighted by Crippen LogP contribution is -2.38. The van der Waals surface area contributed by atoms with Gasteiger partial charge in [-0.1, -0.05) is 32.4 Å². The van der Waals surface area contributed by atoms with Crippen LogP contribution < -0.4 is 5.32 Å². The van der Waals surface area contributed by atoms with Gasteiger partial charge in [-0.05, 0) is 43.3 Å². The van der Waals surface area contributed by atoms with Crippen LogP contribution in [0.1, 0.15) is 43.9 Å². The van der Waals surface area contributed by atoms with Crippen LogP contribution in [0.15, 0.2) is 53.1 Å². The summed E-state index contributed by atoms with van der Waals surface area (Å²) in [5.41, 5.74) is 1.39. The first-order valence-corrected chi connectivity index (χ1v) is 10.1. The fourth-order valence-electron chi connectivity index (χ4n) is 2.85. The molecule has 0 aliphatic carbocycles. The van der Waals surface area contributed by atoms with Crippen LogP contribution in [-0.4, -0.2) is 39.6 Å². The number of halogens is 1. The number of carbonyl (C=O) groups is 2. The molecule has 1 aromatic carbocycles. The number of rotatable bonds is 6. The van der Waals surface area contributed by atoms with Crippen LogP contribution in [0.3, 0.4) is 0 Å². The van der Waals surface area contributed by atoms with E-state index in [-0.39, 0.29) is 29.5 Å². The van der Waals surface area contributed by atoms with Crippen molar-refractivity contribution < 1.29 is 14.0 Å². The molecule has 0 unspecified atom stereocenters. The number of furan rings is 1. The summed E-state index contributed by atoms with van der Waals surface area (Å²) in [6.07, 6.45) is 1.43. The SMILES string of the molecule is CCN(CC(=O)Nc1cc(C(C)(C)C)nn1-c1ccc(Cl)cc1)C(=O)c1ccco1. The number of hydrogen-bond acceptors (Lipinski definition) is 4. The molecule has 0 saturated carbocycles. The summed E-state index contributed by atoms with van der Waals surface area (Å²) in [6, 6.07) is 12.3. The van der Waals surface area contributed by atoms with E-state index in [4.69, 9.17) is 16.0 Å². The first-order valence-electron chi connectivity index (χ1n) is 9.68. The van der Waals surface area contributed by atoms with Crippen molar-refractivity contribution in [3.8, 4) is 5.69 Å². The van der Waals surface area contributed by atoms with Gasteiger partial charge in [0.25, 0.3) is 5.91 Å². The Labute approximate surface area is 180 Å². The van der Waals surface area contributed by atoms with Gasteiger partial charge in [-0.2, -0.15) is 5.10 Å². The van der Waals surface area contributed by atoms with E-state index >= 15 is 0 Å². The Morgan fingerprint density at radius 2 is 1.90 bits per heavy atom. The van der Waals surface area contributed by atoms with E-state index in [9.17, 15) is 9.59 Å². The third-order valence-electron chi connectivity index (χ3n) is 4.55. The van der Waals surface area contributed by atoms with Gasteiger partial charge in [0, 0.05) is 23.0 Å². The summed E-state index contributed by atoms with van der Waals surface area (Å²) < 4.78 is 6.82. The molecule has 2 heterocycles. The number of nitrogens with one attached hydrogen (secondary N) is 1. The highest BCUT2D eigenvalue weighted by molar-refractivity contribution is 6.30. The highest BCUT2D eigenvalue weighted by Gasteiger charge is 2.23. The molecule has 1 N–H and O–H groups in total. The van der Waals surface area contributed by atoms with E-state index in [0.717, 1.165) is 11.4 Å². The van der Waals surface area contributed by atoms with Crippen LogP contribution in [0, 0.1) is 0 Å². The Balaban J connectivity index is 1.83. The summed E-state index contributed by atoms with van der Waals surface area (Å²) in [7, 11) is 0. The van der Waals surface area contributed by atoms with Crippen LogP contribution in [-0.2, 0) is 10.2 Å². The zero-order valence-corrected chi connectivity index (χ0v) is 18.2. The molecule has 0 bridgehead atoms. The summed E-state index contributed by atoms with van der Waals surface area (Å²) in [5, 5.41) is 8.17. The largest absolute Gasteiger partial charge is 0.459 e. The van der Waals surface area contributed by atoms with E-state index in [1.807, 2.05) is 45.9 Å². The molecule has 30 heavy (non-hydrogen) atoms. The van der Waals surface area contributed by atoms with E-state index < -0.39 is 0 Å². The van der Waals surface area contributed by atoms with Crippen LogP contribution in [0.4, 0.5) is 5.82 Å². The van der Waals surface area contributed by atoms with Gasteiger partial charge in [0.15, 0.2) is 5.76 Å². The van der Waals surface area contributed by atoms with E-state index in [2.05, 4.69) is 10.4 Å². The number of nitrogens with zero attached hydrogens (tertiary/aromatic N) is 3. The second-order valence-corrected chi connectivity index (χ2v) is 8.33. The number of anilines is 1. The molecule has 0 aliphatic heterocycles. The van der Waals surface area contributed by atoms with Crippen LogP contribution in [0.2, 0.25) is 5.02 Å². The van der Waals surface area contributed by atoms with Gasteiger partial charge in [-0.3, -0.25) is 9.59 Å². The standard InChI is InChI=1S/C22H25ClN4O3/c1-5-26(21(29)17-7-6-12-30-17)14-20(28)24-19-13-18(22(2,3)4)25-27(19)16-10-8-15(23)9-11-16/h6-13H,5,14H2,1-4H3,(H,24,28). The minimum atomic E-state index is -0.334. The van der Waals surface area contributed by atoms with Gasteiger partial charge in [0.05, 0.1) is 17.6 Å². The molecule has 0 saturated heterocycles. The molecule has 0 atom stereocenters. The minimum Gasteiger partial charge on any atom is -0.459 e. The van der Waals surface area contributed by atoms with Crippen molar-refractivity contribution in [2.45, 2.75) is 33.1 Å². The number of carbonyl (C=O) groups excluding carboxylic acids is 2. The van der Waals surface area contributed by atoms with E-state index in [1.165, 1.54) is 11.2 Å². The Morgan fingerprint density at radius 1 is 1.20 bits per heavy atom. The number of amides is 2. The fourth-order valence-corrected chi connectivity index (χ4v) is 2.98. The third-order valence-corrected chi connectivity index (χ3v) is 4.80. The Bertz CT molecular complexity index is 1020. The van der Waals surface area contributed by atoms with E-state index in [0.29, 0.717) is 17.4 Å². The molecule has 158 valence electrons. The monoisotopic (exact) mass is 428 g/mol. The van der Waals surface area contributed by atoms with Crippen molar-refractivity contribution in [1.82, 2.24) is 14.7 Å². The van der Waals surface area contributed by atoms with Gasteiger partial charge in [0.2, 0.25) is 5.91 Å². The predicted molar refractivity (Wildman–Crippen MR) is 116 cm³/mol. The number of aromatic nitrogens is 2. The zero-order chi connectivity index (χ0) is 21.9. The van der Waals surface area contributed by atoms with Gasteiger partial charge < -0.3 is 14.6 Å². The van der Waals surface area contributed by atoms with Gasteiger partial charge in [0.1, 0.15) is 12.4 Å². The van der Waals surface area contributed by atoms with Gasteiger partial charge >= 0.3 is 0 Å². The van der Waals surface area contributed by atoms with Crippen molar-refractivity contribution in [2.75, 3.05) is 18.4 Å². The lowest BCUT2D eigenvalue weighted by Gasteiger charge is -2.19. The normalized spacial score (nSPS) is 11.4. The molecule has 2 aromatic heterocycles. The highest BCUT2D eigenvalue weighted by atomic mass is 35.5. The molecule has 3 rings (SSSR count). The van der Waals surface area contributed by atoms with Crippen molar-refractivity contribution in [2.24, 2.45) is 0 Å². The third kappa shape index (κ3) is 4.91. The summed E-state index contributed by atoms with van der Waals surface area (Å²) >= 11 is 6.00. The fraction of sp³-hybridized carbons (Fsp3) is 0.318. The Kier molecular flexibility index (Phi) is 6.31. The maximum absolute atomic E-state index is 12.8. The second kappa shape index (κ2) is 8.75. The summed E-state index contributed by atoms with van der Waals surface area (Å²) in [5.74, 6) is 0.0613. The molecule has 0 radical (unpaired) electrons. The van der Waals surface area contributed by atoms with Gasteiger partial charge in [-0.25, -0.2) is 4.68 Å². The maximum Gasteiger partial charge on any atom is 0.290 e. The molecule has 3 aromatic rings. The molecular weight excluding hydrogens is 404 g/mol. The molecule has 8 heteroatoms. The first-order chi connectivity index (χ1) is 14.2. The lowest BCUT2D eigenvalue weighted by molar-refractivity contribution is -0.116. The molecular formula is C22H25ClN4O3. The molecule has 0 fully saturated rings. The van der Waals surface area contributed by atoms with Crippen molar-refractivity contribution in [3.63, 3.8) is 0 Å². The average molecular weight is 429 g/mol. The van der Waals surface area contributed by atoms with E-state index in [1.54, 1.807) is 28.9 Å². The van der Waals surface area contributed by atoms with Crippen LogP contribution in [0.5, 0.6) is 0 Å². The number of benzene rings is 1. The lowest BCUT2D eigenvalue weighted by atomic mass is 9.92. The minimum absolute atomic E-state index is 0.104. The Hall–Kier alpha value is -3.06. The molecule has 0 spiro atoms. The molecule has 7 nitrogen and oxygen atoms in total. The topological polar surface area (TPSA) is 80.4 Å². The predicted octanol–water partition coefficient (Wildman–Crippen LogP) is 4.52. The zero-order valence-electron chi connectivity index (χ0n) is 17.5. The quantitative estimate of drug-likeness (QED) is 0.626. The molecule has 0 aliphatic rings. The summed E-state index contributed by atoms with van der Waals surface area (Å²) in [4.78, 5) is 26.7. The number of likely N-dealkylation sites (N-methyl/N-ethyl adjacent to an activating group) is 1. The van der Waals surface area contributed by atoms with Crippen molar-refractivity contribution in [1.29, 1.82) is 0 Å². The van der Waals surface area contributed by atoms with Gasteiger partial charge in [-0.15, -0.1) is 0 Å². The highest BCUT2D eigenvalue weighted by Crippen LogP contribution is 2.27. The Morgan fingerprint density at radius 3 is 2.47 bits per heavy atom. The van der Waals surface area contributed by atoms with Crippen LogP contribution >= 0.6 is 11.6 Å². The second-order valence-electron chi connectivity index (χ2n) is 7.90.